The first-order valence-corrected chi connectivity index (χ1v) is 9.57. The second-order valence-electron chi connectivity index (χ2n) is 6.06. The molecule has 1 aliphatic rings. The van der Waals surface area contributed by atoms with Gasteiger partial charge in [-0.3, -0.25) is 4.79 Å². The highest BCUT2D eigenvalue weighted by Crippen LogP contribution is 2.22. The highest BCUT2D eigenvalue weighted by molar-refractivity contribution is 7.89. The minimum atomic E-state index is -3.59. The number of hydrogen-bond donors (Lipinski definition) is 2. The maximum absolute atomic E-state index is 12.9. The van der Waals surface area contributed by atoms with Crippen LogP contribution in [0.3, 0.4) is 0 Å². The topological polar surface area (TPSA) is 75.3 Å². The van der Waals surface area contributed by atoms with Crippen LogP contribution in [0.2, 0.25) is 0 Å². The Labute approximate surface area is 146 Å². The van der Waals surface area contributed by atoms with E-state index in [9.17, 15) is 17.6 Å². The van der Waals surface area contributed by atoms with Crippen LogP contribution in [-0.2, 0) is 16.4 Å². The fourth-order valence-electron chi connectivity index (χ4n) is 2.37. The van der Waals surface area contributed by atoms with Gasteiger partial charge >= 0.3 is 0 Å². The number of sulfonamides is 1. The van der Waals surface area contributed by atoms with Crippen molar-refractivity contribution in [2.24, 2.45) is 0 Å². The van der Waals surface area contributed by atoms with Crippen molar-refractivity contribution in [2.45, 2.75) is 30.2 Å². The molecule has 0 unspecified atom stereocenters. The van der Waals surface area contributed by atoms with Gasteiger partial charge in [0.05, 0.1) is 4.90 Å². The second-order valence-corrected chi connectivity index (χ2v) is 7.77. The summed E-state index contributed by atoms with van der Waals surface area (Å²) in [6.45, 7) is 0.377. The molecule has 5 nitrogen and oxygen atoms in total. The lowest BCUT2D eigenvalue weighted by Gasteiger charge is -2.08. The molecule has 1 saturated carbocycles. The zero-order valence-corrected chi connectivity index (χ0v) is 14.4. The minimum absolute atomic E-state index is 0.0122. The van der Waals surface area contributed by atoms with E-state index < -0.39 is 10.0 Å². The van der Waals surface area contributed by atoms with Crippen molar-refractivity contribution in [1.29, 1.82) is 0 Å². The summed E-state index contributed by atoms with van der Waals surface area (Å²) < 4.78 is 39.9. The van der Waals surface area contributed by atoms with Gasteiger partial charge in [0.1, 0.15) is 5.82 Å². The van der Waals surface area contributed by atoms with Gasteiger partial charge in [0.15, 0.2) is 0 Å². The molecule has 7 heteroatoms. The normalized spacial score (nSPS) is 14.3. The standard InChI is InChI=1S/C18H19FN2O3S/c19-15-6-4-13(5-7-15)10-11-20-18(22)14-2-1-3-17(12-14)25(23,24)21-16-8-9-16/h1-7,12,16,21H,8-11H2,(H,20,22). The van der Waals surface area contributed by atoms with E-state index in [1.165, 1.54) is 24.3 Å². The smallest absolute Gasteiger partial charge is 0.251 e. The van der Waals surface area contributed by atoms with E-state index in [4.69, 9.17) is 0 Å². The third-order valence-corrected chi connectivity index (χ3v) is 5.44. The van der Waals surface area contributed by atoms with Crippen LogP contribution in [0, 0.1) is 5.82 Å². The molecular formula is C18H19FN2O3S. The van der Waals surface area contributed by atoms with Gasteiger partial charge in [-0.05, 0) is 55.2 Å². The molecule has 0 atom stereocenters. The largest absolute Gasteiger partial charge is 0.352 e. The number of nitrogens with one attached hydrogen (secondary N) is 2. The number of carbonyl (C=O) groups is 1. The Morgan fingerprint density at radius 3 is 2.52 bits per heavy atom. The zero-order valence-electron chi connectivity index (χ0n) is 13.5. The Bertz CT molecular complexity index is 862. The Hall–Kier alpha value is -2.25. The Kier molecular flexibility index (Phi) is 5.15. The molecule has 2 aromatic rings. The monoisotopic (exact) mass is 362 g/mol. The third-order valence-electron chi connectivity index (χ3n) is 3.92. The van der Waals surface area contributed by atoms with Crippen molar-refractivity contribution >= 4 is 15.9 Å². The fraction of sp³-hybridized carbons (Fsp3) is 0.278. The average Bonchev–Trinajstić information content (AvgIpc) is 3.40. The first-order valence-electron chi connectivity index (χ1n) is 8.09. The Morgan fingerprint density at radius 1 is 1.12 bits per heavy atom. The highest BCUT2D eigenvalue weighted by atomic mass is 32.2. The molecule has 0 radical (unpaired) electrons. The van der Waals surface area contributed by atoms with Gasteiger partial charge in [0, 0.05) is 18.2 Å². The quantitative estimate of drug-likeness (QED) is 0.793. The lowest BCUT2D eigenvalue weighted by atomic mass is 10.1. The van der Waals surface area contributed by atoms with Crippen LogP contribution >= 0.6 is 0 Å². The van der Waals surface area contributed by atoms with Crippen molar-refractivity contribution in [3.63, 3.8) is 0 Å². The molecule has 25 heavy (non-hydrogen) atoms. The molecule has 132 valence electrons. The van der Waals surface area contributed by atoms with Crippen molar-refractivity contribution in [1.82, 2.24) is 10.0 Å². The molecule has 0 saturated heterocycles. The minimum Gasteiger partial charge on any atom is -0.352 e. The SMILES string of the molecule is O=C(NCCc1ccc(F)cc1)c1cccc(S(=O)(=O)NC2CC2)c1. The van der Waals surface area contributed by atoms with Crippen LogP contribution in [-0.4, -0.2) is 26.9 Å². The molecule has 2 aromatic carbocycles. The van der Waals surface area contributed by atoms with Gasteiger partial charge in [-0.25, -0.2) is 17.5 Å². The summed E-state index contributed by atoms with van der Waals surface area (Å²) in [7, 11) is -3.59. The summed E-state index contributed by atoms with van der Waals surface area (Å²) in [5.74, 6) is -0.642. The van der Waals surface area contributed by atoms with Crippen LogP contribution in [0.5, 0.6) is 0 Å². The molecule has 1 amide bonds. The lowest BCUT2D eigenvalue weighted by Crippen LogP contribution is -2.28. The fourth-order valence-corrected chi connectivity index (χ4v) is 3.72. The predicted octanol–water partition coefficient (Wildman–Crippen LogP) is 2.24. The summed E-state index contributed by atoms with van der Waals surface area (Å²) in [6, 6.07) is 12.1. The number of rotatable bonds is 7. The van der Waals surface area contributed by atoms with Gasteiger partial charge < -0.3 is 5.32 Å². The molecule has 1 fully saturated rings. The molecule has 3 rings (SSSR count). The van der Waals surface area contributed by atoms with E-state index in [1.807, 2.05) is 0 Å². The van der Waals surface area contributed by atoms with E-state index in [2.05, 4.69) is 10.0 Å². The first kappa shape index (κ1) is 17.6. The number of hydrogen-bond acceptors (Lipinski definition) is 3. The van der Waals surface area contributed by atoms with Crippen LogP contribution in [0.1, 0.15) is 28.8 Å². The third kappa shape index (κ3) is 4.87. The van der Waals surface area contributed by atoms with E-state index >= 15 is 0 Å². The van der Waals surface area contributed by atoms with Gasteiger partial charge in [0.2, 0.25) is 10.0 Å². The molecule has 0 aromatic heterocycles. The van der Waals surface area contributed by atoms with E-state index in [0.717, 1.165) is 18.4 Å². The summed E-state index contributed by atoms with van der Waals surface area (Å²) >= 11 is 0. The van der Waals surface area contributed by atoms with Gasteiger partial charge in [-0.15, -0.1) is 0 Å². The van der Waals surface area contributed by atoms with Crippen molar-refractivity contribution in [3.05, 3.63) is 65.5 Å². The summed E-state index contributed by atoms with van der Waals surface area (Å²) in [5, 5.41) is 2.75. The average molecular weight is 362 g/mol. The van der Waals surface area contributed by atoms with Gasteiger partial charge in [-0.2, -0.15) is 0 Å². The Morgan fingerprint density at radius 2 is 1.84 bits per heavy atom. The Balaban J connectivity index is 1.60. The molecule has 0 spiro atoms. The highest BCUT2D eigenvalue weighted by Gasteiger charge is 2.28. The number of carbonyl (C=O) groups excluding carboxylic acids is 1. The molecule has 2 N–H and O–H groups in total. The van der Waals surface area contributed by atoms with Crippen molar-refractivity contribution in [3.8, 4) is 0 Å². The molecule has 0 bridgehead atoms. The summed E-state index contributed by atoms with van der Waals surface area (Å²) in [6.07, 6.45) is 2.26. The van der Waals surface area contributed by atoms with Crippen LogP contribution in [0.15, 0.2) is 53.4 Å². The van der Waals surface area contributed by atoms with Crippen molar-refractivity contribution in [2.75, 3.05) is 6.54 Å². The number of halogens is 1. The van der Waals surface area contributed by atoms with E-state index in [1.54, 1.807) is 24.3 Å². The molecular weight excluding hydrogens is 343 g/mol. The van der Waals surface area contributed by atoms with Crippen LogP contribution in [0.4, 0.5) is 4.39 Å². The maximum atomic E-state index is 12.9. The molecule has 0 aliphatic heterocycles. The number of benzene rings is 2. The van der Waals surface area contributed by atoms with Crippen LogP contribution in [0.25, 0.3) is 0 Å². The second kappa shape index (κ2) is 7.33. The molecule has 1 aliphatic carbocycles. The van der Waals surface area contributed by atoms with Gasteiger partial charge in [0.25, 0.3) is 5.91 Å². The zero-order chi connectivity index (χ0) is 17.9. The maximum Gasteiger partial charge on any atom is 0.251 e. The summed E-state index contributed by atoms with van der Waals surface area (Å²) in [5.41, 5.74) is 1.20. The summed E-state index contributed by atoms with van der Waals surface area (Å²) in [4.78, 5) is 12.3. The van der Waals surface area contributed by atoms with Gasteiger partial charge in [-0.1, -0.05) is 18.2 Å². The molecule has 0 heterocycles. The lowest BCUT2D eigenvalue weighted by molar-refractivity contribution is 0.0954. The van der Waals surface area contributed by atoms with E-state index in [-0.39, 0.29) is 28.2 Å². The van der Waals surface area contributed by atoms with Crippen molar-refractivity contribution < 1.29 is 17.6 Å². The first-order chi connectivity index (χ1) is 11.9. The number of amides is 1. The van der Waals surface area contributed by atoms with E-state index in [0.29, 0.717) is 13.0 Å². The van der Waals surface area contributed by atoms with Crippen LogP contribution < -0.4 is 10.0 Å². The predicted molar refractivity (Wildman–Crippen MR) is 92.2 cm³/mol.